The zero-order valence-corrected chi connectivity index (χ0v) is 14.9. The number of non-ortho nitro benzene ring substituents is 1. The molecule has 0 radical (unpaired) electrons. The van der Waals surface area contributed by atoms with Crippen LogP contribution in [0, 0.1) is 30.9 Å². The Labute approximate surface area is 148 Å². The number of thioether (sulfide) groups is 1. The second kappa shape index (κ2) is 7.59. The Balaban J connectivity index is 2.04. The largest absolute Gasteiger partial charge is 0.324 e. The lowest BCUT2D eigenvalue weighted by Gasteiger charge is -2.08. The standard InChI is InChI=1S/C15H15ClN4O3S/c1-8-9(2)17-15(18-10(8)3)24-7-14(21)19-13-6-11(20(22)23)4-5-12(13)16/h4-6H,7H2,1-3H3,(H,19,21). The molecule has 24 heavy (non-hydrogen) atoms. The van der Waals surface area contributed by atoms with E-state index in [2.05, 4.69) is 15.3 Å². The number of hydrogen-bond acceptors (Lipinski definition) is 6. The third kappa shape index (κ3) is 4.42. The van der Waals surface area contributed by atoms with Gasteiger partial charge in [0.15, 0.2) is 5.16 Å². The van der Waals surface area contributed by atoms with Gasteiger partial charge in [-0.1, -0.05) is 23.4 Å². The van der Waals surface area contributed by atoms with Crippen LogP contribution in [0.5, 0.6) is 0 Å². The highest BCUT2D eigenvalue weighted by atomic mass is 35.5. The minimum absolute atomic E-state index is 0.0704. The van der Waals surface area contributed by atoms with Crippen molar-refractivity contribution in [2.24, 2.45) is 0 Å². The summed E-state index contributed by atoms with van der Waals surface area (Å²) in [6, 6.07) is 3.87. The Morgan fingerprint density at radius 2 is 1.92 bits per heavy atom. The lowest BCUT2D eigenvalue weighted by Crippen LogP contribution is -2.15. The molecule has 0 unspecified atom stereocenters. The van der Waals surface area contributed by atoms with Gasteiger partial charge in [-0.15, -0.1) is 0 Å². The molecule has 9 heteroatoms. The molecule has 0 aliphatic carbocycles. The summed E-state index contributed by atoms with van der Waals surface area (Å²) in [5.41, 5.74) is 2.82. The number of hydrogen-bond donors (Lipinski definition) is 1. The summed E-state index contributed by atoms with van der Waals surface area (Å²) < 4.78 is 0. The molecule has 1 amide bonds. The number of benzene rings is 1. The number of nitro groups is 1. The SMILES string of the molecule is Cc1nc(SCC(=O)Nc2cc([N+](=O)[O-])ccc2Cl)nc(C)c1C. The van der Waals surface area contributed by atoms with Crippen LogP contribution in [0.15, 0.2) is 23.4 Å². The molecule has 1 N–H and O–H groups in total. The number of halogens is 1. The van der Waals surface area contributed by atoms with Crippen molar-refractivity contribution in [1.82, 2.24) is 9.97 Å². The molecule has 2 rings (SSSR count). The summed E-state index contributed by atoms with van der Waals surface area (Å²) in [6.45, 7) is 5.71. The Bertz CT molecular complexity index is 790. The van der Waals surface area contributed by atoms with Crippen molar-refractivity contribution < 1.29 is 9.72 Å². The Kier molecular flexibility index (Phi) is 5.74. The van der Waals surface area contributed by atoms with E-state index in [9.17, 15) is 14.9 Å². The molecule has 126 valence electrons. The van der Waals surface area contributed by atoms with Crippen LogP contribution in [-0.4, -0.2) is 26.6 Å². The highest BCUT2D eigenvalue weighted by molar-refractivity contribution is 7.99. The summed E-state index contributed by atoms with van der Waals surface area (Å²) in [5, 5.41) is 14.1. The van der Waals surface area contributed by atoms with Crippen molar-refractivity contribution in [2.45, 2.75) is 25.9 Å². The predicted molar refractivity (Wildman–Crippen MR) is 93.7 cm³/mol. The van der Waals surface area contributed by atoms with Crippen LogP contribution < -0.4 is 5.32 Å². The Hall–Kier alpha value is -2.19. The fourth-order valence-corrected chi connectivity index (χ4v) is 2.75. The maximum Gasteiger partial charge on any atom is 0.271 e. The highest BCUT2D eigenvalue weighted by Crippen LogP contribution is 2.27. The molecular weight excluding hydrogens is 352 g/mol. The van der Waals surface area contributed by atoms with Gasteiger partial charge in [0, 0.05) is 23.5 Å². The summed E-state index contributed by atoms with van der Waals surface area (Å²) in [6.07, 6.45) is 0. The van der Waals surface area contributed by atoms with E-state index in [1.165, 1.54) is 30.0 Å². The van der Waals surface area contributed by atoms with Gasteiger partial charge in [-0.3, -0.25) is 14.9 Å². The van der Waals surface area contributed by atoms with E-state index in [-0.39, 0.29) is 28.1 Å². The quantitative estimate of drug-likeness (QED) is 0.375. The number of nitro benzene ring substituents is 1. The first kappa shape index (κ1) is 18.2. The average Bonchev–Trinajstić information content (AvgIpc) is 2.52. The van der Waals surface area contributed by atoms with Gasteiger partial charge in [0.05, 0.1) is 21.4 Å². The van der Waals surface area contributed by atoms with Gasteiger partial charge in [0.1, 0.15) is 0 Å². The van der Waals surface area contributed by atoms with Gasteiger partial charge in [0.25, 0.3) is 5.69 Å². The number of anilines is 1. The van der Waals surface area contributed by atoms with Gasteiger partial charge >= 0.3 is 0 Å². The third-order valence-corrected chi connectivity index (χ3v) is 4.56. The average molecular weight is 367 g/mol. The second-order valence-corrected chi connectivity index (χ2v) is 6.41. The predicted octanol–water partition coefficient (Wildman–Crippen LogP) is 3.69. The number of aryl methyl sites for hydroxylation is 2. The fraction of sp³-hybridized carbons (Fsp3) is 0.267. The number of carbonyl (C=O) groups is 1. The van der Waals surface area contributed by atoms with E-state index in [0.29, 0.717) is 5.16 Å². The molecule has 0 saturated carbocycles. The molecule has 0 aliphatic heterocycles. The zero-order valence-electron chi connectivity index (χ0n) is 13.3. The number of aromatic nitrogens is 2. The third-order valence-electron chi connectivity index (χ3n) is 3.38. The molecule has 0 spiro atoms. The summed E-state index contributed by atoms with van der Waals surface area (Å²) in [7, 11) is 0. The van der Waals surface area contributed by atoms with Crippen LogP contribution in [0.25, 0.3) is 0 Å². The Morgan fingerprint density at radius 1 is 1.29 bits per heavy atom. The topological polar surface area (TPSA) is 98.0 Å². The molecule has 2 aromatic rings. The van der Waals surface area contributed by atoms with E-state index >= 15 is 0 Å². The molecule has 0 saturated heterocycles. The van der Waals surface area contributed by atoms with Crippen LogP contribution in [-0.2, 0) is 4.79 Å². The van der Waals surface area contributed by atoms with Crippen molar-refractivity contribution in [3.63, 3.8) is 0 Å². The molecule has 1 aromatic heterocycles. The van der Waals surface area contributed by atoms with Gasteiger partial charge in [-0.2, -0.15) is 0 Å². The molecule has 0 fully saturated rings. The zero-order chi connectivity index (χ0) is 17.9. The van der Waals surface area contributed by atoms with E-state index in [0.717, 1.165) is 17.0 Å². The maximum atomic E-state index is 12.0. The van der Waals surface area contributed by atoms with Crippen molar-refractivity contribution in [1.29, 1.82) is 0 Å². The van der Waals surface area contributed by atoms with Crippen molar-refractivity contribution >= 4 is 40.6 Å². The minimum Gasteiger partial charge on any atom is -0.324 e. The number of nitrogens with one attached hydrogen (secondary N) is 1. The molecule has 0 bridgehead atoms. The molecule has 0 atom stereocenters. The van der Waals surface area contributed by atoms with Crippen LogP contribution in [0.4, 0.5) is 11.4 Å². The normalized spacial score (nSPS) is 10.5. The number of rotatable bonds is 5. The van der Waals surface area contributed by atoms with Gasteiger partial charge < -0.3 is 5.32 Å². The molecule has 1 heterocycles. The van der Waals surface area contributed by atoms with Crippen LogP contribution >= 0.6 is 23.4 Å². The highest BCUT2D eigenvalue weighted by Gasteiger charge is 2.13. The molecule has 7 nitrogen and oxygen atoms in total. The number of carbonyl (C=O) groups excluding carboxylic acids is 1. The summed E-state index contributed by atoms with van der Waals surface area (Å²) in [5.74, 6) is -0.275. The first-order valence-electron chi connectivity index (χ1n) is 6.96. The summed E-state index contributed by atoms with van der Waals surface area (Å²) >= 11 is 7.14. The van der Waals surface area contributed by atoms with E-state index < -0.39 is 4.92 Å². The smallest absolute Gasteiger partial charge is 0.271 e. The van der Waals surface area contributed by atoms with E-state index in [1.54, 1.807) is 0 Å². The van der Waals surface area contributed by atoms with Crippen LogP contribution in [0.2, 0.25) is 5.02 Å². The number of amides is 1. The van der Waals surface area contributed by atoms with Gasteiger partial charge in [-0.25, -0.2) is 9.97 Å². The van der Waals surface area contributed by atoms with Crippen molar-refractivity contribution in [2.75, 3.05) is 11.1 Å². The van der Waals surface area contributed by atoms with Gasteiger partial charge in [-0.05, 0) is 32.4 Å². The molecular formula is C15H15ClN4O3S. The van der Waals surface area contributed by atoms with Crippen LogP contribution in [0.3, 0.4) is 0 Å². The fourth-order valence-electron chi connectivity index (χ4n) is 1.84. The first-order valence-corrected chi connectivity index (χ1v) is 8.32. The van der Waals surface area contributed by atoms with Crippen molar-refractivity contribution in [3.05, 3.63) is 50.3 Å². The number of nitrogens with zero attached hydrogens (tertiary/aromatic N) is 3. The monoisotopic (exact) mass is 366 g/mol. The van der Waals surface area contributed by atoms with Crippen LogP contribution in [0.1, 0.15) is 17.0 Å². The van der Waals surface area contributed by atoms with Gasteiger partial charge in [0.2, 0.25) is 5.91 Å². The Morgan fingerprint density at radius 3 is 2.50 bits per heavy atom. The van der Waals surface area contributed by atoms with E-state index in [1.807, 2.05) is 20.8 Å². The van der Waals surface area contributed by atoms with Crippen molar-refractivity contribution in [3.8, 4) is 0 Å². The lowest BCUT2D eigenvalue weighted by atomic mass is 10.2. The van der Waals surface area contributed by atoms with E-state index in [4.69, 9.17) is 11.6 Å². The lowest BCUT2D eigenvalue weighted by molar-refractivity contribution is -0.384. The molecule has 0 aliphatic rings. The maximum absolute atomic E-state index is 12.0. The second-order valence-electron chi connectivity index (χ2n) is 5.06. The first-order chi connectivity index (χ1) is 11.3. The minimum atomic E-state index is -0.549. The summed E-state index contributed by atoms with van der Waals surface area (Å²) in [4.78, 5) is 30.9. The molecule has 1 aromatic carbocycles.